The Hall–Kier alpha value is -1.64. The minimum atomic E-state index is 0.280. The minimum Gasteiger partial charge on any atom is -0.376 e. The fourth-order valence-electron chi connectivity index (χ4n) is 2.85. The van der Waals surface area contributed by atoms with Gasteiger partial charge in [-0.1, -0.05) is 17.1 Å². The maximum absolute atomic E-state index is 5.78. The third-order valence-electron chi connectivity index (χ3n) is 4.33. The molecule has 1 aliphatic heterocycles. The van der Waals surface area contributed by atoms with E-state index in [4.69, 9.17) is 4.74 Å². The second-order valence-corrected chi connectivity index (χ2v) is 7.53. The molecule has 5 heteroatoms. The van der Waals surface area contributed by atoms with Crippen LogP contribution in [0.15, 0.2) is 12.3 Å². The molecule has 1 saturated heterocycles. The van der Waals surface area contributed by atoms with Crippen molar-refractivity contribution in [3.05, 3.63) is 22.7 Å². The first kappa shape index (κ1) is 14.9. The third kappa shape index (κ3) is 3.65. The van der Waals surface area contributed by atoms with Crippen molar-refractivity contribution in [3.63, 3.8) is 0 Å². The molecule has 4 nitrogen and oxygen atoms in total. The Bertz CT molecular complexity index is 742. The molecule has 0 bridgehead atoms. The van der Waals surface area contributed by atoms with Crippen molar-refractivity contribution < 1.29 is 4.74 Å². The topological polar surface area (TPSA) is 39.9 Å². The van der Waals surface area contributed by atoms with Gasteiger partial charge >= 0.3 is 0 Å². The highest BCUT2D eigenvalue weighted by atomic mass is 32.1. The molecular formula is C18H21N3OS. The van der Waals surface area contributed by atoms with Crippen molar-refractivity contribution in [1.29, 1.82) is 0 Å². The third-order valence-corrected chi connectivity index (χ3v) is 5.51. The SMILES string of the molecule is Cc1cc(C#CC2CC2)sc1-c1cn(CC2CCCCO2)nn1. The van der Waals surface area contributed by atoms with Gasteiger partial charge in [-0.25, -0.2) is 4.68 Å². The minimum absolute atomic E-state index is 0.280. The van der Waals surface area contributed by atoms with Crippen LogP contribution in [-0.4, -0.2) is 27.7 Å². The molecule has 0 N–H and O–H groups in total. The smallest absolute Gasteiger partial charge is 0.123 e. The monoisotopic (exact) mass is 327 g/mol. The van der Waals surface area contributed by atoms with E-state index in [1.54, 1.807) is 11.3 Å². The summed E-state index contributed by atoms with van der Waals surface area (Å²) in [6.45, 7) is 3.79. The molecule has 120 valence electrons. The van der Waals surface area contributed by atoms with Crippen molar-refractivity contribution >= 4 is 11.3 Å². The number of hydrogen-bond donors (Lipinski definition) is 0. The van der Waals surface area contributed by atoms with Crippen molar-refractivity contribution in [2.75, 3.05) is 6.61 Å². The Kier molecular flexibility index (Phi) is 4.19. The van der Waals surface area contributed by atoms with Gasteiger partial charge in [0.2, 0.25) is 0 Å². The lowest BCUT2D eigenvalue weighted by Gasteiger charge is -2.21. The summed E-state index contributed by atoms with van der Waals surface area (Å²) < 4.78 is 7.70. The molecule has 1 saturated carbocycles. The Morgan fingerprint density at radius 3 is 3.04 bits per heavy atom. The maximum Gasteiger partial charge on any atom is 0.123 e. The van der Waals surface area contributed by atoms with Crippen LogP contribution in [0, 0.1) is 24.7 Å². The van der Waals surface area contributed by atoms with E-state index in [9.17, 15) is 0 Å². The fourth-order valence-corrected chi connectivity index (χ4v) is 3.83. The molecule has 23 heavy (non-hydrogen) atoms. The summed E-state index contributed by atoms with van der Waals surface area (Å²) in [7, 11) is 0. The molecule has 0 spiro atoms. The number of aromatic nitrogens is 3. The molecule has 2 aromatic rings. The van der Waals surface area contributed by atoms with E-state index in [0.29, 0.717) is 5.92 Å². The summed E-state index contributed by atoms with van der Waals surface area (Å²) in [6.07, 6.45) is 8.40. The number of ether oxygens (including phenoxy) is 1. The molecule has 0 amide bonds. The highest BCUT2D eigenvalue weighted by molar-refractivity contribution is 7.16. The molecule has 2 aromatic heterocycles. The van der Waals surface area contributed by atoms with Gasteiger partial charge in [-0.05, 0) is 50.7 Å². The van der Waals surface area contributed by atoms with Gasteiger partial charge in [-0.2, -0.15) is 0 Å². The van der Waals surface area contributed by atoms with E-state index in [2.05, 4.69) is 35.1 Å². The molecule has 1 atom stereocenters. The average molecular weight is 327 g/mol. The lowest BCUT2D eigenvalue weighted by atomic mass is 10.1. The maximum atomic E-state index is 5.78. The lowest BCUT2D eigenvalue weighted by Crippen LogP contribution is -2.24. The highest BCUT2D eigenvalue weighted by Gasteiger charge is 2.19. The zero-order valence-corrected chi connectivity index (χ0v) is 14.2. The van der Waals surface area contributed by atoms with Crippen molar-refractivity contribution in [2.24, 2.45) is 5.92 Å². The van der Waals surface area contributed by atoms with Crippen LogP contribution in [0.2, 0.25) is 0 Å². The first-order chi connectivity index (χ1) is 11.3. The van der Waals surface area contributed by atoms with Crippen molar-refractivity contribution in [1.82, 2.24) is 15.0 Å². The second kappa shape index (κ2) is 6.46. The Labute approximate surface area is 140 Å². The van der Waals surface area contributed by atoms with Gasteiger partial charge < -0.3 is 4.74 Å². The van der Waals surface area contributed by atoms with E-state index in [1.807, 2.05) is 10.9 Å². The van der Waals surface area contributed by atoms with Crippen LogP contribution >= 0.6 is 11.3 Å². The van der Waals surface area contributed by atoms with Gasteiger partial charge in [-0.3, -0.25) is 0 Å². The average Bonchev–Trinajstić information content (AvgIpc) is 3.16. The van der Waals surface area contributed by atoms with E-state index < -0.39 is 0 Å². The van der Waals surface area contributed by atoms with Crippen LogP contribution in [0.1, 0.15) is 42.5 Å². The summed E-state index contributed by atoms with van der Waals surface area (Å²) in [5.41, 5.74) is 2.18. The van der Waals surface area contributed by atoms with Crippen molar-refractivity contribution in [2.45, 2.75) is 51.7 Å². The fraction of sp³-hybridized carbons (Fsp3) is 0.556. The summed E-state index contributed by atoms with van der Waals surface area (Å²) >= 11 is 1.72. The summed E-state index contributed by atoms with van der Waals surface area (Å²) in [5, 5.41) is 8.63. The summed E-state index contributed by atoms with van der Waals surface area (Å²) in [4.78, 5) is 2.32. The summed E-state index contributed by atoms with van der Waals surface area (Å²) in [5.74, 6) is 7.27. The van der Waals surface area contributed by atoms with Crippen LogP contribution in [-0.2, 0) is 11.3 Å². The van der Waals surface area contributed by atoms with Crippen molar-refractivity contribution in [3.8, 4) is 22.4 Å². The van der Waals surface area contributed by atoms with Gasteiger partial charge in [0.1, 0.15) is 5.69 Å². The molecule has 3 heterocycles. The molecule has 2 aliphatic rings. The van der Waals surface area contributed by atoms with Crippen LogP contribution < -0.4 is 0 Å². The molecular weight excluding hydrogens is 306 g/mol. The zero-order valence-electron chi connectivity index (χ0n) is 13.4. The highest BCUT2D eigenvalue weighted by Crippen LogP contribution is 2.32. The predicted molar refractivity (Wildman–Crippen MR) is 91.3 cm³/mol. The standard InChI is InChI=1S/C18H21N3OS/c1-13-10-16(8-7-14-5-6-14)23-18(13)17-12-21(20-19-17)11-15-4-2-3-9-22-15/h10,12,14-15H,2-6,9,11H2,1H3. The summed E-state index contributed by atoms with van der Waals surface area (Å²) in [6, 6.07) is 2.17. The number of aryl methyl sites for hydroxylation is 1. The van der Waals surface area contributed by atoms with Gasteiger partial charge in [0, 0.05) is 12.5 Å². The largest absolute Gasteiger partial charge is 0.376 e. The number of thiophene rings is 1. The molecule has 1 unspecified atom stereocenters. The van der Waals surface area contributed by atoms with Crippen LogP contribution in [0.4, 0.5) is 0 Å². The molecule has 0 radical (unpaired) electrons. The first-order valence-corrected chi connectivity index (χ1v) is 9.23. The van der Waals surface area contributed by atoms with Gasteiger partial charge in [0.15, 0.2) is 0 Å². The lowest BCUT2D eigenvalue weighted by molar-refractivity contribution is 0.00370. The van der Waals surface area contributed by atoms with E-state index in [0.717, 1.165) is 30.1 Å². The Morgan fingerprint density at radius 1 is 1.35 bits per heavy atom. The second-order valence-electron chi connectivity index (χ2n) is 6.48. The molecule has 4 rings (SSSR count). The first-order valence-electron chi connectivity index (χ1n) is 8.42. The van der Waals surface area contributed by atoms with Gasteiger partial charge in [-0.15, -0.1) is 16.4 Å². The molecule has 1 aliphatic carbocycles. The number of nitrogens with zero attached hydrogens (tertiary/aromatic N) is 3. The Morgan fingerprint density at radius 2 is 2.26 bits per heavy atom. The molecule has 0 aromatic carbocycles. The van der Waals surface area contributed by atoms with E-state index in [-0.39, 0.29) is 6.10 Å². The van der Waals surface area contributed by atoms with Crippen LogP contribution in [0.3, 0.4) is 0 Å². The quantitative estimate of drug-likeness (QED) is 0.808. The normalized spacial score (nSPS) is 21.0. The predicted octanol–water partition coefficient (Wildman–Crippen LogP) is 3.65. The van der Waals surface area contributed by atoms with E-state index in [1.165, 1.54) is 36.1 Å². The van der Waals surface area contributed by atoms with Crippen LogP contribution in [0.5, 0.6) is 0 Å². The Balaban J connectivity index is 1.48. The van der Waals surface area contributed by atoms with E-state index >= 15 is 0 Å². The number of hydrogen-bond acceptors (Lipinski definition) is 4. The zero-order chi connectivity index (χ0) is 15.6. The van der Waals surface area contributed by atoms with Crippen LogP contribution in [0.25, 0.3) is 10.6 Å². The van der Waals surface area contributed by atoms with Gasteiger partial charge in [0.05, 0.1) is 28.6 Å². The number of rotatable bonds is 3. The molecule has 2 fully saturated rings. The van der Waals surface area contributed by atoms with Gasteiger partial charge in [0.25, 0.3) is 0 Å².